The predicted octanol–water partition coefficient (Wildman–Crippen LogP) is 3.68. The van der Waals surface area contributed by atoms with Crippen LogP contribution in [0.4, 0.5) is 0 Å². The zero-order valence-corrected chi connectivity index (χ0v) is 12.3. The summed E-state index contributed by atoms with van der Waals surface area (Å²) >= 11 is 0. The van der Waals surface area contributed by atoms with Crippen LogP contribution in [0.15, 0.2) is 53.0 Å². The third kappa shape index (κ3) is 3.16. The molecule has 0 saturated heterocycles. The summed E-state index contributed by atoms with van der Waals surface area (Å²) < 4.78 is 24.8. The molecule has 1 aliphatic carbocycles. The minimum atomic E-state index is -3.24. The summed E-state index contributed by atoms with van der Waals surface area (Å²) in [5.41, 5.74) is 3.13. The fraction of sp³-hybridized carbons (Fsp3) is 0.375. The van der Waals surface area contributed by atoms with Gasteiger partial charge < -0.3 is 0 Å². The van der Waals surface area contributed by atoms with Crippen LogP contribution >= 0.6 is 0 Å². The standard InChI is InChI=1S/C16H20O2S/c1-12(2)16-6-4-5-14(16)11-19(17,18)15-9-7-13(3)8-10-15/h5,7-10,16H,1,4,6,11H2,2-3H3. The highest BCUT2D eigenvalue weighted by Gasteiger charge is 2.25. The quantitative estimate of drug-likeness (QED) is 0.786. The van der Waals surface area contributed by atoms with Gasteiger partial charge in [0, 0.05) is 5.92 Å². The summed E-state index contributed by atoms with van der Waals surface area (Å²) in [6, 6.07) is 7.06. The first kappa shape index (κ1) is 14.1. The average Bonchev–Trinajstić information content (AvgIpc) is 2.77. The lowest BCUT2D eigenvalue weighted by atomic mass is 9.96. The molecule has 0 N–H and O–H groups in total. The Labute approximate surface area is 115 Å². The number of allylic oxidation sites excluding steroid dienone is 2. The van der Waals surface area contributed by atoms with E-state index in [0.29, 0.717) is 4.90 Å². The molecule has 1 aromatic rings. The molecule has 0 bridgehead atoms. The normalized spacial score (nSPS) is 19.3. The number of rotatable bonds is 4. The van der Waals surface area contributed by atoms with E-state index in [1.54, 1.807) is 12.1 Å². The third-order valence-electron chi connectivity index (χ3n) is 3.64. The smallest absolute Gasteiger partial charge is 0.182 e. The van der Waals surface area contributed by atoms with Crippen molar-refractivity contribution in [3.8, 4) is 0 Å². The summed E-state index contributed by atoms with van der Waals surface area (Å²) in [5.74, 6) is 0.355. The Morgan fingerprint density at radius 2 is 1.95 bits per heavy atom. The van der Waals surface area contributed by atoms with Crippen LogP contribution in [0.25, 0.3) is 0 Å². The summed E-state index contributed by atoms with van der Waals surface area (Å²) in [5, 5.41) is 0. The van der Waals surface area contributed by atoms with Gasteiger partial charge in [0.05, 0.1) is 10.6 Å². The molecule has 102 valence electrons. The molecule has 1 aromatic carbocycles. The molecule has 0 aromatic heterocycles. The van der Waals surface area contributed by atoms with Gasteiger partial charge in [-0.1, -0.05) is 41.5 Å². The molecule has 2 nitrogen and oxygen atoms in total. The van der Waals surface area contributed by atoms with Crippen molar-refractivity contribution in [2.75, 3.05) is 5.75 Å². The van der Waals surface area contributed by atoms with Crippen LogP contribution in [-0.2, 0) is 9.84 Å². The molecule has 0 spiro atoms. The zero-order valence-electron chi connectivity index (χ0n) is 11.5. The summed E-state index contributed by atoms with van der Waals surface area (Å²) in [4.78, 5) is 0.409. The molecule has 1 aliphatic rings. The van der Waals surface area contributed by atoms with Gasteiger partial charge >= 0.3 is 0 Å². The van der Waals surface area contributed by atoms with Gasteiger partial charge in [0.25, 0.3) is 0 Å². The maximum Gasteiger partial charge on any atom is 0.182 e. The topological polar surface area (TPSA) is 34.1 Å². The number of aryl methyl sites for hydroxylation is 1. The Balaban J connectivity index is 2.22. The molecule has 0 aliphatic heterocycles. The lowest BCUT2D eigenvalue weighted by molar-refractivity contribution is 0.595. The highest BCUT2D eigenvalue weighted by molar-refractivity contribution is 7.91. The Hall–Kier alpha value is -1.35. The van der Waals surface area contributed by atoms with Gasteiger partial charge in [-0.3, -0.25) is 0 Å². The largest absolute Gasteiger partial charge is 0.223 e. The number of hydrogen-bond donors (Lipinski definition) is 0. The van der Waals surface area contributed by atoms with E-state index >= 15 is 0 Å². The van der Waals surface area contributed by atoms with Gasteiger partial charge in [0.2, 0.25) is 0 Å². The summed E-state index contributed by atoms with van der Waals surface area (Å²) in [6.07, 6.45) is 4.01. The maximum atomic E-state index is 12.4. The van der Waals surface area contributed by atoms with E-state index in [2.05, 4.69) is 12.7 Å². The fourth-order valence-corrected chi connectivity index (χ4v) is 4.01. The first-order chi connectivity index (χ1) is 8.90. The number of benzene rings is 1. The fourth-order valence-electron chi connectivity index (χ4n) is 2.53. The van der Waals surface area contributed by atoms with Crippen LogP contribution in [-0.4, -0.2) is 14.2 Å². The van der Waals surface area contributed by atoms with E-state index in [9.17, 15) is 8.42 Å². The van der Waals surface area contributed by atoms with E-state index in [0.717, 1.165) is 29.6 Å². The van der Waals surface area contributed by atoms with Crippen molar-refractivity contribution < 1.29 is 8.42 Å². The van der Waals surface area contributed by atoms with Crippen molar-refractivity contribution in [3.05, 3.63) is 53.6 Å². The molecule has 1 unspecified atom stereocenters. The molecule has 2 rings (SSSR count). The van der Waals surface area contributed by atoms with Crippen molar-refractivity contribution in [2.24, 2.45) is 5.92 Å². The van der Waals surface area contributed by atoms with Crippen molar-refractivity contribution in [2.45, 2.75) is 31.6 Å². The van der Waals surface area contributed by atoms with Crippen molar-refractivity contribution >= 4 is 9.84 Å². The highest BCUT2D eigenvalue weighted by Crippen LogP contribution is 2.33. The Kier molecular flexibility index (Phi) is 3.95. The van der Waals surface area contributed by atoms with E-state index in [1.165, 1.54) is 0 Å². The van der Waals surface area contributed by atoms with Crippen molar-refractivity contribution in [1.29, 1.82) is 0 Å². The molecule has 0 radical (unpaired) electrons. The Morgan fingerprint density at radius 3 is 2.53 bits per heavy atom. The van der Waals surface area contributed by atoms with Gasteiger partial charge in [-0.15, -0.1) is 0 Å². The lowest BCUT2D eigenvalue weighted by Crippen LogP contribution is -2.13. The van der Waals surface area contributed by atoms with Crippen LogP contribution in [0, 0.1) is 12.8 Å². The van der Waals surface area contributed by atoms with Crippen LogP contribution < -0.4 is 0 Å². The number of sulfone groups is 1. The van der Waals surface area contributed by atoms with Gasteiger partial charge in [0.1, 0.15) is 0 Å². The first-order valence-corrected chi connectivity index (χ1v) is 8.19. The van der Waals surface area contributed by atoms with E-state index in [-0.39, 0.29) is 11.7 Å². The molecule has 0 amide bonds. The van der Waals surface area contributed by atoms with E-state index < -0.39 is 9.84 Å². The summed E-state index contributed by atoms with van der Waals surface area (Å²) in [7, 11) is -3.24. The molecule has 1 atom stereocenters. The SMILES string of the molecule is C=C(C)C1CCC=C1CS(=O)(=O)c1ccc(C)cc1. The van der Waals surface area contributed by atoms with Crippen LogP contribution in [0.3, 0.4) is 0 Å². The van der Waals surface area contributed by atoms with Crippen LogP contribution in [0.5, 0.6) is 0 Å². The second-order valence-corrected chi connectivity index (χ2v) is 7.32. The zero-order chi connectivity index (χ0) is 14.0. The lowest BCUT2D eigenvalue weighted by Gasteiger charge is -2.15. The van der Waals surface area contributed by atoms with E-state index in [4.69, 9.17) is 0 Å². The minimum Gasteiger partial charge on any atom is -0.223 e. The second-order valence-electron chi connectivity index (χ2n) is 5.33. The maximum absolute atomic E-state index is 12.4. The van der Waals surface area contributed by atoms with Crippen molar-refractivity contribution in [1.82, 2.24) is 0 Å². The van der Waals surface area contributed by atoms with Gasteiger partial charge in [-0.05, 0) is 38.8 Å². The Morgan fingerprint density at radius 1 is 1.32 bits per heavy atom. The molecule has 19 heavy (non-hydrogen) atoms. The van der Waals surface area contributed by atoms with Gasteiger partial charge in [0.15, 0.2) is 9.84 Å². The van der Waals surface area contributed by atoms with Crippen molar-refractivity contribution in [3.63, 3.8) is 0 Å². The Bertz CT molecular complexity index is 607. The van der Waals surface area contributed by atoms with Gasteiger partial charge in [-0.2, -0.15) is 0 Å². The second kappa shape index (κ2) is 5.33. The molecular formula is C16H20O2S. The monoisotopic (exact) mass is 276 g/mol. The van der Waals surface area contributed by atoms with Gasteiger partial charge in [-0.25, -0.2) is 8.42 Å². The third-order valence-corrected chi connectivity index (χ3v) is 5.34. The molecule has 0 fully saturated rings. The van der Waals surface area contributed by atoms with Crippen LogP contribution in [0.1, 0.15) is 25.3 Å². The van der Waals surface area contributed by atoms with Crippen LogP contribution in [0.2, 0.25) is 0 Å². The molecule has 3 heteroatoms. The minimum absolute atomic E-state index is 0.119. The predicted molar refractivity (Wildman–Crippen MR) is 78.9 cm³/mol. The number of hydrogen-bond acceptors (Lipinski definition) is 2. The highest BCUT2D eigenvalue weighted by atomic mass is 32.2. The average molecular weight is 276 g/mol. The molecule has 0 heterocycles. The first-order valence-electron chi connectivity index (χ1n) is 6.54. The van der Waals surface area contributed by atoms with E-state index in [1.807, 2.05) is 26.0 Å². The summed E-state index contributed by atoms with van der Waals surface area (Å²) in [6.45, 7) is 7.89. The molecular weight excluding hydrogens is 256 g/mol. The molecule has 0 saturated carbocycles.